The van der Waals surface area contributed by atoms with E-state index in [1.54, 1.807) is 18.2 Å². The Balaban J connectivity index is 1.99. The fraction of sp³-hybridized carbons (Fsp3) is 0.467. The first-order chi connectivity index (χ1) is 9.93. The molecule has 1 aliphatic carbocycles. The Bertz CT molecular complexity index is 620. The van der Waals surface area contributed by atoms with Crippen molar-refractivity contribution in [3.63, 3.8) is 0 Å². The van der Waals surface area contributed by atoms with Gasteiger partial charge in [0, 0.05) is 5.02 Å². The summed E-state index contributed by atoms with van der Waals surface area (Å²) in [6.07, 6.45) is 3.37. The van der Waals surface area contributed by atoms with Gasteiger partial charge in [0.05, 0.1) is 10.7 Å². The summed E-state index contributed by atoms with van der Waals surface area (Å²) in [6, 6.07) is 4.35. The first-order valence-corrected chi connectivity index (χ1v) is 7.80. The molecule has 1 spiro atoms. The second-order valence-electron chi connectivity index (χ2n) is 5.95. The van der Waals surface area contributed by atoms with Crippen LogP contribution in [0.25, 0.3) is 0 Å². The topological polar surface area (TPSA) is 49.4 Å². The highest BCUT2D eigenvalue weighted by molar-refractivity contribution is 6.37. The van der Waals surface area contributed by atoms with Crippen molar-refractivity contribution in [2.75, 3.05) is 4.90 Å². The van der Waals surface area contributed by atoms with Gasteiger partial charge in [-0.1, -0.05) is 43.0 Å². The first-order valence-electron chi connectivity index (χ1n) is 7.05. The minimum absolute atomic E-state index is 0.219. The number of anilines is 1. The molecule has 2 unspecified atom stereocenters. The molecule has 1 saturated carbocycles. The quantitative estimate of drug-likeness (QED) is 0.793. The summed E-state index contributed by atoms with van der Waals surface area (Å²) in [5.74, 6) is 0.195. The van der Waals surface area contributed by atoms with Crippen LogP contribution < -0.4 is 10.2 Å². The lowest BCUT2D eigenvalue weighted by molar-refractivity contribution is -0.123. The molecule has 1 saturated heterocycles. The van der Waals surface area contributed by atoms with Crippen molar-refractivity contribution in [1.82, 2.24) is 5.32 Å². The van der Waals surface area contributed by atoms with Gasteiger partial charge >= 0.3 is 6.03 Å². The van der Waals surface area contributed by atoms with Gasteiger partial charge in [-0.15, -0.1) is 0 Å². The Labute approximate surface area is 133 Å². The van der Waals surface area contributed by atoms with E-state index in [0.717, 1.165) is 17.7 Å². The third kappa shape index (κ3) is 2.40. The van der Waals surface area contributed by atoms with Gasteiger partial charge in [-0.3, -0.25) is 4.79 Å². The van der Waals surface area contributed by atoms with Crippen LogP contribution in [-0.4, -0.2) is 17.5 Å². The van der Waals surface area contributed by atoms with Crippen LogP contribution in [0.2, 0.25) is 10.0 Å². The number of imide groups is 1. The minimum Gasteiger partial charge on any atom is -0.323 e. The molecule has 1 heterocycles. The van der Waals surface area contributed by atoms with Gasteiger partial charge in [0.25, 0.3) is 5.91 Å². The Morgan fingerprint density at radius 3 is 2.81 bits per heavy atom. The molecule has 2 fully saturated rings. The monoisotopic (exact) mass is 326 g/mol. The number of nitrogens with one attached hydrogen (secondary N) is 1. The predicted octanol–water partition coefficient (Wildman–Crippen LogP) is 4.00. The van der Waals surface area contributed by atoms with Gasteiger partial charge in [-0.2, -0.15) is 0 Å². The second kappa shape index (κ2) is 5.18. The predicted molar refractivity (Wildman–Crippen MR) is 82.8 cm³/mol. The van der Waals surface area contributed by atoms with Crippen LogP contribution in [0.3, 0.4) is 0 Å². The van der Waals surface area contributed by atoms with E-state index in [9.17, 15) is 9.59 Å². The van der Waals surface area contributed by atoms with E-state index in [1.807, 2.05) is 0 Å². The lowest BCUT2D eigenvalue weighted by Gasteiger charge is -2.34. The van der Waals surface area contributed by atoms with Crippen molar-refractivity contribution in [3.05, 3.63) is 28.2 Å². The molecular weight excluding hydrogens is 311 g/mol. The van der Waals surface area contributed by atoms with E-state index in [-0.39, 0.29) is 5.91 Å². The maximum atomic E-state index is 12.8. The number of hydrogen-bond acceptors (Lipinski definition) is 2. The molecule has 3 amide bonds. The van der Waals surface area contributed by atoms with E-state index < -0.39 is 11.6 Å². The van der Waals surface area contributed by atoms with Gasteiger partial charge in [0.1, 0.15) is 5.54 Å². The molecule has 21 heavy (non-hydrogen) atoms. The van der Waals surface area contributed by atoms with Gasteiger partial charge in [0.15, 0.2) is 0 Å². The van der Waals surface area contributed by atoms with Crippen LogP contribution in [0.1, 0.15) is 32.6 Å². The molecule has 0 bridgehead atoms. The van der Waals surface area contributed by atoms with Crippen molar-refractivity contribution in [2.24, 2.45) is 5.92 Å². The lowest BCUT2D eigenvalue weighted by atomic mass is 9.76. The van der Waals surface area contributed by atoms with Crippen molar-refractivity contribution in [2.45, 2.75) is 38.1 Å². The van der Waals surface area contributed by atoms with Crippen LogP contribution >= 0.6 is 23.2 Å². The maximum Gasteiger partial charge on any atom is 0.329 e. The van der Waals surface area contributed by atoms with Crippen molar-refractivity contribution < 1.29 is 9.59 Å². The first kappa shape index (κ1) is 14.7. The maximum absolute atomic E-state index is 12.8. The number of carbonyl (C=O) groups is 2. The normalized spacial score (nSPS) is 29.1. The van der Waals surface area contributed by atoms with Crippen LogP contribution in [0.4, 0.5) is 10.5 Å². The zero-order valence-corrected chi connectivity index (χ0v) is 13.2. The zero-order valence-electron chi connectivity index (χ0n) is 11.7. The fourth-order valence-corrected chi connectivity index (χ4v) is 3.72. The summed E-state index contributed by atoms with van der Waals surface area (Å²) in [5.41, 5.74) is -0.429. The Morgan fingerprint density at radius 2 is 2.10 bits per heavy atom. The largest absolute Gasteiger partial charge is 0.329 e. The zero-order chi connectivity index (χ0) is 15.2. The van der Waals surface area contributed by atoms with Crippen LogP contribution in [0.5, 0.6) is 0 Å². The Hall–Kier alpha value is -1.26. The molecule has 1 N–H and O–H groups in total. The van der Waals surface area contributed by atoms with E-state index in [0.29, 0.717) is 34.5 Å². The molecule has 1 aromatic carbocycles. The average Bonchev–Trinajstić information content (AvgIpc) is 2.64. The van der Waals surface area contributed by atoms with Gasteiger partial charge < -0.3 is 5.32 Å². The van der Waals surface area contributed by atoms with Crippen molar-refractivity contribution >= 4 is 40.8 Å². The summed E-state index contributed by atoms with van der Waals surface area (Å²) < 4.78 is 0. The average molecular weight is 327 g/mol. The highest BCUT2D eigenvalue weighted by Gasteiger charge is 2.53. The van der Waals surface area contributed by atoms with Crippen molar-refractivity contribution in [3.8, 4) is 0 Å². The number of halogens is 2. The fourth-order valence-electron chi connectivity index (χ4n) is 3.36. The molecule has 112 valence electrons. The molecule has 6 heteroatoms. The molecular formula is C15H16Cl2N2O2. The van der Waals surface area contributed by atoms with Gasteiger partial charge in [-0.05, 0) is 37.0 Å². The Morgan fingerprint density at radius 1 is 1.33 bits per heavy atom. The number of amides is 3. The molecule has 3 rings (SSSR count). The van der Waals surface area contributed by atoms with Crippen LogP contribution in [0, 0.1) is 5.92 Å². The van der Waals surface area contributed by atoms with E-state index in [1.165, 1.54) is 0 Å². The highest BCUT2D eigenvalue weighted by Crippen LogP contribution is 2.40. The number of carbonyl (C=O) groups excluding carboxylic acids is 2. The highest BCUT2D eigenvalue weighted by atomic mass is 35.5. The number of benzene rings is 1. The number of hydrogen-bond donors (Lipinski definition) is 1. The minimum atomic E-state index is -0.777. The summed E-state index contributed by atoms with van der Waals surface area (Å²) in [4.78, 5) is 26.3. The number of rotatable bonds is 1. The summed E-state index contributed by atoms with van der Waals surface area (Å²) in [7, 11) is 0. The van der Waals surface area contributed by atoms with E-state index in [4.69, 9.17) is 23.2 Å². The van der Waals surface area contributed by atoms with Gasteiger partial charge in [-0.25, -0.2) is 9.69 Å². The number of urea groups is 1. The molecule has 1 aliphatic heterocycles. The number of nitrogens with zero attached hydrogens (tertiary/aromatic N) is 1. The molecule has 4 nitrogen and oxygen atoms in total. The Kier molecular flexibility index (Phi) is 3.62. The molecule has 0 aromatic heterocycles. The standard InChI is InChI=1S/C15H16Cl2N2O2/c1-9-3-2-6-15(8-9)13(20)19(14(21)18-15)12-7-10(16)4-5-11(12)17/h4-5,7,9H,2-3,6,8H2,1H3,(H,18,21). The van der Waals surface area contributed by atoms with Crippen LogP contribution in [0.15, 0.2) is 18.2 Å². The molecule has 1 aromatic rings. The van der Waals surface area contributed by atoms with Crippen LogP contribution in [-0.2, 0) is 4.79 Å². The molecule has 2 aliphatic rings. The van der Waals surface area contributed by atoms with E-state index in [2.05, 4.69) is 12.2 Å². The van der Waals surface area contributed by atoms with Crippen molar-refractivity contribution in [1.29, 1.82) is 0 Å². The molecule has 2 atom stereocenters. The smallest absolute Gasteiger partial charge is 0.323 e. The summed E-state index contributed by atoms with van der Waals surface area (Å²) in [5, 5.41) is 3.66. The third-order valence-corrected chi connectivity index (χ3v) is 4.86. The summed E-state index contributed by atoms with van der Waals surface area (Å²) in [6.45, 7) is 2.11. The molecule has 0 radical (unpaired) electrons. The van der Waals surface area contributed by atoms with Gasteiger partial charge in [0.2, 0.25) is 0 Å². The lowest BCUT2D eigenvalue weighted by Crippen LogP contribution is -2.50. The second-order valence-corrected chi connectivity index (χ2v) is 6.79. The van der Waals surface area contributed by atoms with E-state index >= 15 is 0 Å². The summed E-state index contributed by atoms with van der Waals surface area (Å²) >= 11 is 12.1. The SMILES string of the molecule is CC1CCCC2(C1)NC(=O)N(c1cc(Cl)ccc1Cl)C2=O. The third-order valence-electron chi connectivity index (χ3n) is 4.31.